The van der Waals surface area contributed by atoms with E-state index in [1.165, 1.54) is 0 Å². The SMILES string of the molecule is C[C@]12CC[C@H]3[C@@H](CC[C@@]4(O)CC5(CC[C@]34CC#CF)OCCO5)[C@@H]1CC[C@@H]2O. The fraction of sp³-hybridized carbons (Fsp3) is 0.913. The van der Waals surface area contributed by atoms with Crippen molar-refractivity contribution in [2.45, 2.75) is 88.6 Å². The highest BCUT2D eigenvalue weighted by Crippen LogP contribution is 2.69. The molecular weight excluding hydrogens is 359 g/mol. The summed E-state index contributed by atoms with van der Waals surface area (Å²) in [7, 11) is 0. The molecule has 4 saturated carbocycles. The first kappa shape index (κ1) is 19.3. The van der Waals surface area contributed by atoms with Gasteiger partial charge in [0, 0.05) is 24.7 Å². The normalized spacial score (nSPS) is 51.7. The molecule has 156 valence electrons. The summed E-state index contributed by atoms with van der Waals surface area (Å²) in [6.07, 6.45) is 9.38. The van der Waals surface area contributed by atoms with Crippen molar-refractivity contribution in [1.29, 1.82) is 0 Å². The number of ether oxygens (including phenoxy) is 2. The molecule has 5 aliphatic rings. The third kappa shape index (κ3) is 2.44. The molecule has 0 bridgehead atoms. The van der Waals surface area contributed by atoms with Crippen LogP contribution in [0.3, 0.4) is 0 Å². The highest BCUT2D eigenvalue weighted by Gasteiger charge is 2.68. The number of hydrogen-bond acceptors (Lipinski definition) is 4. The van der Waals surface area contributed by atoms with Crippen LogP contribution in [0.25, 0.3) is 0 Å². The quantitative estimate of drug-likeness (QED) is 0.670. The van der Waals surface area contributed by atoms with E-state index in [0.29, 0.717) is 50.2 Å². The van der Waals surface area contributed by atoms with Gasteiger partial charge in [0.1, 0.15) is 6.17 Å². The van der Waals surface area contributed by atoms with Crippen LogP contribution >= 0.6 is 0 Å². The van der Waals surface area contributed by atoms with Crippen LogP contribution in [0.1, 0.15) is 71.1 Å². The molecule has 5 rings (SSSR count). The Morgan fingerprint density at radius 1 is 1.00 bits per heavy atom. The Morgan fingerprint density at radius 2 is 1.79 bits per heavy atom. The number of hydrogen-bond donors (Lipinski definition) is 2. The van der Waals surface area contributed by atoms with Gasteiger partial charge in [0.05, 0.1) is 24.9 Å². The largest absolute Gasteiger partial charge is 0.393 e. The highest BCUT2D eigenvalue weighted by atomic mass is 19.1. The van der Waals surface area contributed by atoms with Crippen LogP contribution in [-0.2, 0) is 9.47 Å². The minimum Gasteiger partial charge on any atom is -0.393 e. The van der Waals surface area contributed by atoms with Gasteiger partial charge in [-0.1, -0.05) is 12.8 Å². The zero-order chi connectivity index (χ0) is 19.6. The van der Waals surface area contributed by atoms with Crippen LogP contribution in [-0.4, -0.2) is 40.9 Å². The van der Waals surface area contributed by atoms with E-state index in [4.69, 9.17) is 9.47 Å². The maximum atomic E-state index is 12.9. The van der Waals surface area contributed by atoms with Gasteiger partial charge in [0.2, 0.25) is 0 Å². The summed E-state index contributed by atoms with van der Waals surface area (Å²) in [5.74, 6) is 3.36. The first-order chi connectivity index (χ1) is 13.4. The van der Waals surface area contributed by atoms with Gasteiger partial charge in [0.25, 0.3) is 0 Å². The summed E-state index contributed by atoms with van der Waals surface area (Å²) < 4.78 is 24.9. The van der Waals surface area contributed by atoms with Gasteiger partial charge in [0.15, 0.2) is 5.79 Å². The van der Waals surface area contributed by atoms with Gasteiger partial charge in [-0.25, -0.2) is 0 Å². The van der Waals surface area contributed by atoms with Crippen LogP contribution in [0.5, 0.6) is 0 Å². The Balaban J connectivity index is 1.51. The molecule has 1 aliphatic heterocycles. The smallest absolute Gasteiger partial charge is 0.171 e. The molecule has 7 atom stereocenters. The molecule has 2 N–H and O–H groups in total. The number of fused-ring (bicyclic) bond motifs is 5. The maximum Gasteiger partial charge on any atom is 0.171 e. The molecule has 0 aromatic heterocycles. The molecule has 1 spiro atoms. The van der Waals surface area contributed by atoms with E-state index in [1.807, 2.05) is 0 Å². The van der Waals surface area contributed by atoms with E-state index >= 15 is 0 Å². The second-order valence-electron chi connectivity index (χ2n) is 10.5. The molecule has 1 saturated heterocycles. The minimum atomic E-state index is -0.925. The summed E-state index contributed by atoms with van der Waals surface area (Å²) in [6.45, 7) is 3.42. The fourth-order valence-electron chi connectivity index (χ4n) is 8.30. The number of aliphatic hydroxyl groups is 2. The number of rotatable bonds is 1. The lowest BCUT2D eigenvalue weighted by molar-refractivity contribution is -0.289. The van der Waals surface area contributed by atoms with Gasteiger partial charge >= 0.3 is 0 Å². The van der Waals surface area contributed by atoms with Crippen LogP contribution < -0.4 is 0 Å². The van der Waals surface area contributed by atoms with Crippen molar-refractivity contribution < 1.29 is 24.1 Å². The van der Waals surface area contributed by atoms with E-state index in [9.17, 15) is 14.6 Å². The molecule has 0 unspecified atom stereocenters. The Morgan fingerprint density at radius 3 is 2.54 bits per heavy atom. The second kappa shape index (κ2) is 6.41. The summed E-state index contributed by atoms with van der Waals surface area (Å²) in [5.41, 5.74) is -1.33. The van der Waals surface area contributed by atoms with E-state index in [2.05, 4.69) is 12.8 Å². The van der Waals surface area contributed by atoms with Crippen LogP contribution in [0, 0.1) is 40.7 Å². The van der Waals surface area contributed by atoms with Crippen LogP contribution in [0.15, 0.2) is 0 Å². The third-order valence-corrected chi connectivity index (χ3v) is 9.71. The standard InChI is InChI=1S/C23H33FO4/c1-20-8-6-18-16(17(20)3-4-19(20)25)5-9-22(26)15-23(27-13-14-28-23)11-10-21(18,22)7-2-12-24/h16-19,25-26H,3-11,13-15H2,1H3/t16-,17-,18-,19-,20-,21+,22+/m0/s1. The predicted octanol–water partition coefficient (Wildman–Crippen LogP) is 3.55. The second-order valence-corrected chi connectivity index (χ2v) is 10.5. The molecule has 0 amide bonds. The molecule has 0 aromatic carbocycles. The van der Waals surface area contributed by atoms with E-state index in [-0.39, 0.29) is 11.5 Å². The van der Waals surface area contributed by atoms with Crippen molar-refractivity contribution in [3.8, 4) is 12.1 Å². The molecule has 0 radical (unpaired) electrons. The molecular formula is C23H33FO4. The third-order valence-electron chi connectivity index (χ3n) is 9.71. The van der Waals surface area contributed by atoms with E-state index in [1.54, 1.807) is 6.17 Å². The topological polar surface area (TPSA) is 58.9 Å². The molecule has 28 heavy (non-hydrogen) atoms. The predicted molar refractivity (Wildman–Crippen MR) is 102 cm³/mol. The maximum absolute atomic E-state index is 12.9. The molecule has 4 aliphatic carbocycles. The van der Waals surface area contributed by atoms with Gasteiger partial charge in [-0.2, -0.15) is 0 Å². The lowest BCUT2D eigenvalue weighted by atomic mass is 9.42. The van der Waals surface area contributed by atoms with Gasteiger partial charge in [-0.15, -0.1) is 4.39 Å². The van der Waals surface area contributed by atoms with Crippen molar-refractivity contribution in [3.63, 3.8) is 0 Å². The van der Waals surface area contributed by atoms with Crippen molar-refractivity contribution in [3.05, 3.63) is 0 Å². The van der Waals surface area contributed by atoms with Gasteiger partial charge < -0.3 is 19.7 Å². The van der Waals surface area contributed by atoms with Crippen molar-refractivity contribution in [1.82, 2.24) is 0 Å². The van der Waals surface area contributed by atoms with Gasteiger partial charge in [-0.3, -0.25) is 0 Å². The Labute approximate surface area is 167 Å². The minimum absolute atomic E-state index is 0.00283. The molecule has 0 aromatic rings. The lowest BCUT2D eigenvalue weighted by Gasteiger charge is -2.65. The van der Waals surface area contributed by atoms with Crippen LogP contribution in [0.2, 0.25) is 0 Å². The van der Waals surface area contributed by atoms with Gasteiger partial charge in [-0.05, 0) is 68.1 Å². The zero-order valence-corrected chi connectivity index (χ0v) is 16.9. The van der Waals surface area contributed by atoms with Crippen molar-refractivity contribution >= 4 is 0 Å². The number of aliphatic hydroxyl groups excluding tert-OH is 1. The Kier molecular flexibility index (Phi) is 4.42. The molecule has 5 fully saturated rings. The van der Waals surface area contributed by atoms with Crippen LogP contribution in [0.4, 0.5) is 4.39 Å². The van der Waals surface area contributed by atoms with Crippen molar-refractivity contribution in [2.24, 2.45) is 28.6 Å². The average Bonchev–Trinajstić information content (AvgIpc) is 3.25. The van der Waals surface area contributed by atoms with Crippen molar-refractivity contribution in [2.75, 3.05) is 13.2 Å². The van der Waals surface area contributed by atoms with E-state index in [0.717, 1.165) is 44.9 Å². The molecule has 1 heterocycles. The summed E-state index contributed by atoms with van der Waals surface area (Å²) in [6, 6.07) is 0. The number of halogens is 1. The summed E-state index contributed by atoms with van der Waals surface area (Å²) in [5, 5.41) is 22.6. The molecule has 5 heteroatoms. The first-order valence-corrected chi connectivity index (χ1v) is 11.2. The van der Waals surface area contributed by atoms with E-state index < -0.39 is 16.8 Å². The Hall–Kier alpha value is -0.670. The highest BCUT2D eigenvalue weighted by molar-refractivity contribution is 5.19. The molecule has 4 nitrogen and oxygen atoms in total. The first-order valence-electron chi connectivity index (χ1n) is 11.2. The summed E-state index contributed by atoms with van der Waals surface area (Å²) in [4.78, 5) is 0. The summed E-state index contributed by atoms with van der Waals surface area (Å²) >= 11 is 0. The zero-order valence-electron chi connectivity index (χ0n) is 16.9. The monoisotopic (exact) mass is 392 g/mol. The average molecular weight is 393 g/mol. The lowest BCUT2D eigenvalue weighted by Crippen LogP contribution is -2.66. The Bertz CT molecular complexity index is 694. The fourth-order valence-corrected chi connectivity index (χ4v) is 8.30.